The van der Waals surface area contributed by atoms with E-state index in [2.05, 4.69) is 0 Å². The fourth-order valence-electron chi connectivity index (χ4n) is 1.07. The lowest BCUT2D eigenvalue weighted by atomic mass is 9.90. The number of hydrogen-bond donors (Lipinski definition) is 4. The van der Waals surface area contributed by atoms with Crippen molar-refractivity contribution in [1.82, 2.24) is 0 Å². The molecule has 14 heavy (non-hydrogen) atoms. The molecule has 0 fully saturated rings. The van der Waals surface area contributed by atoms with Gasteiger partial charge in [-0.2, -0.15) is 0 Å². The number of aliphatic carboxylic acids is 2. The van der Waals surface area contributed by atoms with Gasteiger partial charge in [-0.25, -0.2) is 4.79 Å². The molecule has 1 unspecified atom stereocenters. The molecule has 0 spiro atoms. The Balaban J connectivity index is 3.07. The maximum atomic E-state index is 10.5. The van der Waals surface area contributed by atoms with Crippen LogP contribution in [0.3, 0.4) is 0 Å². The van der Waals surface area contributed by atoms with E-state index in [1.54, 1.807) is 0 Å². The van der Waals surface area contributed by atoms with Gasteiger partial charge in [0.15, 0.2) is 5.79 Å². The molecule has 0 heterocycles. The summed E-state index contributed by atoms with van der Waals surface area (Å²) < 4.78 is 0. The van der Waals surface area contributed by atoms with Gasteiger partial charge >= 0.3 is 11.9 Å². The highest BCUT2D eigenvalue weighted by atomic mass is 16.5. The zero-order chi connectivity index (χ0) is 10.9. The molecule has 0 radical (unpaired) electrons. The quantitative estimate of drug-likeness (QED) is 0.423. The fraction of sp³-hybridized carbons (Fsp3) is 0.250. The zero-order valence-corrected chi connectivity index (χ0v) is 6.91. The molecule has 6 heteroatoms. The summed E-state index contributed by atoms with van der Waals surface area (Å²) in [6.07, 6.45) is 2.46. The Hall–Kier alpha value is -1.66. The molecule has 1 rings (SSSR count). The maximum Gasteiger partial charge on any atom is 0.335 e. The van der Waals surface area contributed by atoms with Gasteiger partial charge in [-0.3, -0.25) is 4.79 Å². The van der Waals surface area contributed by atoms with Crippen molar-refractivity contribution in [3.8, 4) is 0 Å². The van der Waals surface area contributed by atoms with Crippen LogP contribution < -0.4 is 0 Å². The van der Waals surface area contributed by atoms with Crippen molar-refractivity contribution in [3.63, 3.8) is 0 Å². The fourth-order valence-corrected chi connectivity index (χ4v) is 1.07. The molecule has 1 aliphatic rings. The Morgan fingerprint density at radius 3 is 2.29 bits per heavy atom. The minimum absolute atomic E-state index is 0.281. The van der Waals surface area contributed by atoms with E-state index in [-0.39, 0.29) is 5.57 Å². The first-order valence-corrected chi connectivity index (χ1v) is 3.66. The van der Waals surface area contributed by atoms with Gasteiger partial charge in [-0.15, -0.1) is 0 Å². The van der Waals surface area contributed by atoms with Crippen molar-refractivity contribution >= 4 is 11.9 Å². The molecule has 4 N–H and O–H groups in total. The number of carboxylic acids is 2. The second kappa shape index (κ2) is 3.24. The monoisotopic (exact) mass is 200 g/mol. The van der Waals surface area contributed by atoms with E-state index in [1.807, 2.05) is 0 Å². The second-order valence-corrected chi connectivity index (χ2v) is 2.86. The Kier molecular flexibility index (Phi) is 2.41. The highest BCUT2D eigenvalue weighted by molar-refractivity contribution is 5.92. The summed E-state index contributed by atoms with van der Waals surface area (Å²) in [4.78, 5) is 21.0. The lowest BCUT2D eigenvalue weighted by molar-refractivity contribution is -0.176. The molecule has 0 bridgehead atoms. The molecule has 0 amide bonds. The van der Waals surface area contributed by atoms with E-state index in [0.29, 0.717) is 0 Å². The normalized spacial score (nSPS) is 24.1. The molecule has 0 aliphatic heterocycles. The maximum absolute atomic E-state index is 10.5. The van der Waals surface area contributed by atoms with Gasteiger partial charge in [0.25, 0.3) is 0 Å². The molecule has 1 atom stereocenters. The smallest absolute Gasteiger partial charge is 0.335 e. The number of carbonyl (C=O) groups is 2. The first-order chi connectivity index (χ1) is 6.34. The average Bonchev–Trinajstić information content (AvgIpc) is 2.02. The molecule has 0 aromatic heterocycles. The van der Waals surface area contributed by atoms with Gasteiger partial charge in [0.1, 0.15) is 5.92 Å². The lowest BCUT2D eigenvalue weighted by Gasteiger charge is -2.25. The summed E-state index contributed by atoms with van der Waals surface area (Å²) in [5.41, 5.74) is -0.281. The lowest BCUT2D eigenvalue weighted by Crippen LogP contribution is -2.41. The van der Waals surface area contributed by atoms with E-state index in [9.17, 15) is 9.59 Å². The standard InChI is InChI=1S/C8H8O6/c9-6(10)4-1-2-8(13,14)5(3-4)7(11)12/h1-3,5,13-14H,(H,9,10)(H,11,12). The summed E-state index contributed by atoms with van der Waals surface area (Å²) in [6.45, 7) is 0. The molecular formula is C8H8O6. The Morgan fingerprint density at radius 1 is 1.29 bits per heavy atom. The van der Waals surface area contributed by atoms with E-state index in [0.717, 1.165) is 18.2 Å². The number of hydrogen-bond acceptors (Lipinski definition) is 4. The highest BCUT2D eigenvalue weighted by Crippen LogP contribution is 2.25. The SMILES string of the molecule is O=C(O)C1=CC(C(=O)O)C(O)(O)C=C1. The van der Waals surface area contributed by atoms with Crippen LogP contribution >= 0.6 is 0 Å². The van der Waals surface area contributed by atoms with Crippen LogP contribution in [0.4, 0.5) is 0 Å². The van der Waals surface area contributed by atoms with Crippen LogP contribution in [0.5, 0.6) is 0 Å². The van der Waals surface area contributed by atoms with Crippen LogP contribution in [0.2, 0.25) is 0 Å². The molecule has 0 saturated heterocycles. The minimum Gasteiger partial charge on any atom is -0.481 e. The van der Waals surface area contributed by atoms with E-state index in [1.165, 1.54) is 0 Å². The summed E-state index contributed by atoms with van der Waals surface area (Å²) in [7, 11) is 0. The first kappa shape index (κ1) is 10.4. The Morgan fingerprint density at radius 2 is 1.86 bits per heavy atom. The van der Waals surface area contributed by atoms with Crippen molar-refractivity contribution in [3.05, 3.63) is 23.8 Å². The highest BCUT2D eigenvalue weighted by Gasteiger charge is 2.39. The third kappa shape index (κ3) is 1.81. The average molecular weight is 200 g/mol. The van der Waals surface area contributed by atoms with Gasteiger partial charge < -0.3 is 20.4 Å². The van der Waals surface area contributed by atoms with E-state index < -0.39 is 23.6 Å². The first-order valence-electron chi connectivity index (χ1n) is 3.66. The van der Waals surface area contributed by atoms with Gasteiger partial charge in [0.05, 0.1) is 5.57 Å². The molecule has 0 aromatic carbocycles. The van der Waals surface area contributed by atoms with Crippen LogP contribution in [0.15, 0.2) is 23.8 Å². The van der Waals surface area contributed by atoms with Crippen LogP contribution in [0.1, 0.15) is 0 Å². The van der Waals surface area contributed by atoms with Crippen LogP contribution in [0, 0.1) is 5.92 Å². The van der Waals surface area contributed by atoms with Crippen molar-refractivity contribution in [1.29, 1.82) is 0 Å². The number of rotatable bonds is 2. The topological polar surface area (TPSA) is 115 Å². The third-order valence-electron chi connectivity index (χ3n) is 1.83. The summed E-state index contributed by atoms with van der Waals surface area (Å²) in [5.74, 6) is -7.02. The largest absolute Gasteiger partial charge is 0.481 e. The Bertz CT molecular complexity index is 338. The van der Waals surface area contributed by atoms with E-state index >= 15 is 0 Å². The van der Waals surface area contributed by atoms with Gasteiger partial charge in [-0.05, 0) is 12.2 Å². The molecule has 1 aliphatic carbocycles. The number of carboxylic acid groups (broad SMARTS) is 2. The predicted octanol–water partition coefficient (Wildman–Crippen LogP) is -1.05. The second-order valence-electron chi connectivity index (χ2n) is 2.86. The molecular weight excluding hydrogens is 192 g/mol. The van der Waals surface area contributed by atoms with Gasteiger partial charge in [-0.1, -0.05) is 6.08 Å². The zero-order valence-electron chi connectivity index (χ0n) is 6.91. The summed E-state index contributed by atoms with van der Waals surface area (Å²) >= 11 is 0. The summed E-state index contributed by atoms with van der Waals surface area (Å²) in [5, 5.41) is 35.4. The van der Waals surface area contributed by atoms with Crippen molar-refractivity contribution in [2.45, 2.75) is 5.79 Å². The molecule has 0 aromatic rings. The van der Waals surface area contributed by atoms with Crippen LogP contribution in [-0.2, 0) is 9.59 Å². The van der Waals surface area contributed by atoms with Gasteiger partial charge in [0.2, 0.25) is 0 Å². The van der Waals surface area contributed by atoms with E-state index in [4.69, 9.17) is 20.4 Å². The van der Waals surface area contributed by atoms with Crippen molar-refractivity contribution < 1.29 is 30.0 Å². The molecule has 6 nitrogen and oxygen atoms in total. The predicted molar refractivity (Wildman–Crippen MR) is 43.2 cm³/mol. The minimum atomic E-state index is -2.54. The molecule has 76 valence electrons. The van der Waals surface area contributed by atoms with Crippen molar-refractivity contribution in [2.75, 3.05) is 0 Å². The third-order valence-corrected chi connectivity index (χ3v) is 1.83. The number of aliphatic hydroxyl groups is 2. The van der Waals surface area contributed by atoms with Crippen LogP contribution in [-0.4, -0.2) is 38.2 Å². The van der Waals surface area contributed by atoms with Crippen LogP contribution in [0.25, 0.3) is 0 Å². The van der Waals surface area contributed by atoms with Crippen molar-refractivity contribution in [2.24, 2.45) is 5.92 Å². The Labute approximate surface area is 78.4 Å². The summed E-state index contributed by atoms with van der Waals surface area (Å²) in [6, 6.07) is 0. The van der Waals surface area contributed by atoms with Gasteiger partial charge in [0, 0.05) is 0 Å². The molecule has 0 saturated carbocycles.